The van der Waals surface area contributed by atoms with Gasteiger partial charge in [-0.15, -0.1) is 11.3 Å². The smallest absolute Gasteiger partial charge is 0.341 e. The van der Waals surface area contributed by atoms with E-state index in [1.165, 1.54) is 12.0 Å². The van der Waals surface area contributed by atoms with Crippen LogP contribution in [0.2, 0.25) is 0 Å². The second kappa shape index (κ2) is 10.1. The third-order valence-electron chi connectivity index (χ3n) is 5.49. The van der Waals surface area contributed by atoms with E-state index in [9.17, 15) is 14.4 Å². The number of esters is 1. The molecule has 0 saturated carbocycles. The van der Waals surface area contributed by atoms with E-state index in [1.807, 2.05) is 18.2 Å². The van der Waals surface area contributed by atoms with E-state index in [1.54, 1.807) is 27.1 Å². The molecule has 9 nitrogen and oxygen atoms in total. The molecule has 34 heavy (non-hydrogen) atoms. The molecule has 0 aliphatic carbocycles. The van der Waals surface area contributed by atoms with Crippen molar-refractivity contribution >= 4 is 50.8 Å². The fraction of sp³-hybridized carbons (Fsp3) is 0.333. The highest BCUT2D eigenvalue weighted by Gasteiger charge is 2.27. The van der Waals surface area contributed by atoms with Gasteiger partial charge in [-0.3, -0.25) is 15.0 Å². The van der Waals surface area contributed by atoms with E-state index in [-0.39, 0.29) is 27.6 Å². The molecule has 2 amide bonds. The van der Waals surface area contributed by atoms with Crippen molar-refractivity contribution in [2.75, 3.05) is 44.5 Å². The average molecular weight is 485 g/mol. The Labute approximate surface area is 201 Å². The Morgan fingerprint density at radius 1 is 1.15 bits per heavy atom. The molecule has 0 spiro atoms. The number of benzene rings is 1. The van der Waals surface area contributed by atoms with Crippen LogP contribution in [0, 0.1) is 12.3 Å². The summed E-state index contributed by atoms with van der Waals surface area (Å²) in [6.07, 6.45) is 0. The van der Waals surface area contributed by atoms with Gasteiger partial charge in [-0.2, -0.15) is 0 Å². The Morgan fingerprint density at radius 3 is 2.41 bits per heavy atom. The number of hydrogen-bond donors (Lipinski definition) is 2. The van der Waals surface area contributed by atoms with E-state index in [0.717, 1.165) is 30.1 Å². The summed E-state index contributed by atoms with van der Waals surface area (Å²) in [5.74, 6) is -1.59. The van der Waals surface area contributed by atoms with Crippen LogP contribution >= 0.6 is 11.3 Å². The number of amides is 2. The van der Waals surface area contributed by atoms with E-state index in [4.69, 9.17) is 14.6 Å². The first kappa shape index (κ1) is 25.0. The van der Waals surface area contributed by atoms with Crippen molar-refractivity contribution in [3.05, 3.63) is 51.4 Å². The van der Waals surface area contributed by atoms with E-state index in [0.29, 0.717) is 21.4 Å². The number of hydrogen-bond acceptors (Lipinski definition) is 8. The van der Waals surface area contributed by atoms with Gasteiger partial charge < -0.3 is 24.3 Å². The first-order valence-corrected chi connectivity index (χ1v) is 11.6. The fourth-order valence-corrected chi connectivity index (χ4v) is 4.81. The number of ether oxygens (including phenoxy) is 1. The maximum atomic E-state index is 13.1. The molecule has 2 heterocycles. The van der Waals surface area contributed by atoms with Crippen molar-refractivity contribution in [2.24, 2.45) is 0 Å². The summed E-state index contributed by atoms with van der Waals surface area (Å²) >= 11 is 0.988. The number of nitrogens with zero attached hydrogens (tertiary/aromatic N) is 2. The van der Waals surface area contributed by atoms with Crippen LogP contribution in [0.3, 0.4) is 0 Å². The summed E-state index contributed by atoms with van der Waals surface area (Å²) in [6, 6.07) is 7.20. The molecule has 0 bridgehead atoms. The summed E-state index contributed by atoms with van der Waals surface area (Å²) in [6.45, 7) is 7.40. The molecule has 0 saturated heterocycles. The van der Waals surface area contributed by atoms with Gasteiger partial charge in [0, 0.05) is 44.3 Å². The number of anilines is 2. The normalized spacial score (nSPS) is 10.8. The molecule has 10 heteroatoms. The number of nitrogens with one attached hydrogen (secondary N) is 2. The Hall–Kier alpha value is -3.66. The van der Waals surface area contributed by atoms with Crippen LogP contribution in [-0.4, -0.2) is 57.0 Å². The third-order valence-corrected chi connectivity index (χ3v) is 6.69. The molecule has 3 rings (SSSR count). The number of thiophene rings is 1. The van der Waals surface area contributed by atoms with Crippen LogP contribution in [0.25, 0.3) is 11.0 Å². The molecule has 0 aliphatic heterocycles. The largest absolute Gasteiger partial charge is 0.465 e. The zero-order valence-electron chi connectivity index (χ0n) is 20.1. The molecule has 0 unspecified atom stereocenters. The third kappa shape index (κ3) is 4.67. The van der Waals surface area contributed by atoms with Crippen LogP contribution < -0.4 is 15.8 Å². The highest BCUT2D eigenvalue weighted by atomic mass is 32.1. The van der Waals surface area contributed by atoms with Gasteiger partial charge in [0.25, 0.3) is 11.8 Å². The number of methoxy groups -OCH3 is 1. The number of carbonyl (C=O) groups is 3. The second-order valence-corrected chi connectivity index (χ2v) is 8.81. The van der Waals surface area contributed by atoms with Gasteiger partial charge >= 0.3 is 5.97 Å². The minimum atomic E-state index is -0.667. The van der Waals surface area contributed by atoms with Crippen LogP contribution in [0.4, 0.5) is 10.7 Å². The van der Waals surface area contributed by atoms with E-state index in [2.05, 4.69) is 24.1 Å². The predicted octanol–water partition coefficient (Wildman–Crippen LogP) is 3.87. The minimum absolute atomic E-state index is 0.00504. The fourth-order valence-electron chi connectivity index (χ4n) is 3.60. The maximum Gasteiger partial charge on any atom is 0.341 e. The first-order valence-electron chi connectivity index (χ1n) is 10.7. The van der Waals surface area contributed by atoms with Crippen molar-refractivity contribution in [3.63, 3.8) is 0 Å². The van der Waals surface area contributed by atoms with Gasteiger partial charge in [-0.05, 0) is 44.5 Å². The lowest BCUT2D eigenvalue weighted by Crippen LogP contribution is -2.22. The van der Waals surface area contributed by atoms with Gasteiger partial charge in [0.15, 0.2) is 0 Å². The molecule has 0 atom stereocenters. The van der Waals surface area contributed by atoms with E-state index >= 15 is 0 Å². The molecular weight excluding hydrogens is 456 g/mol. The quantitative estimate of drug-likeness (QED) is 0.492. The highest BCUT2D eigenvalue weighted by molar-refractivity contribution is 7.18. The highest BCUT2D eigenvalue weighted by Crippen LogP contribution is 2.34. The molecule has 0 aliphatic rings. The molecule has 2 aromatic heterocycles. The van der Waals surface area contributed by atoms with Crippen molar-refractivity contribution in [3.8, 4) is 0 Å². The molecule has 180 valence electrons. The van der Waals surface area contributed by atoms with Crippen molar-refractivity contribution < 1.29 is 23.5 Å². The molecular formula is C24H28N4O5S. The summed E-state index contributed by atoms with van der Waals surface area (Å²) in [5.41, 5.74) is 1.69. The minimum Gasteiger partial charge on any atom is -0.465 e. The Morgan fingerprint density at radius 2 is 1.82 bits per heavy atom. The Bertz CT molecular complexity index is 1320. The van der Waals surface area contributed by atoms with Gasteiger partial charge in [-0.25, -0.2) is 4.79 Å². The van der Waals surface area contributed by atoms with Gasteiger partial charge in [0.05, 0.1) is 17.6 Å². The van der Waals surface area contributed by atoms with Crippen LogP contribution in [0.1, 0.15) is 49.8 Å². The lowest BCUT2D eigenvalue weighted by Gasteiger charge is -2.21. The van der Waals surface area contributed by atoms with E-state index < -0.39 is 11.9 Å². The van der Waals surface area contributed by atoms with Crippen molar-refractivity contribution in [1.82, 2.24) is 4.90 Å². The maximum absolute atomic E-state index is 13.1. The summed E-state index contributed by atoms with van der Waals surface area (Å²) in [4.78, 5) is 41.9. The van der Waals surface area contributed by atoms with Crippen molar-refractivity contribution in [1.29, 1.82) is 5.41 Å². The van der Waals surface area contributed by atoms with Crippen LogP contribution in [0.5, 0.6) is 0 Å². The number of rotatable bonds is 7. The SMILES string of the molecule is CCN(CC)c1ccc2cc(C(=O)Nc3sc(C(=O)N(C)C)c(C)c3C(=O)OC)c(=N)oc2c1. The van der Waals surface area contributed by atoms with Gasteiger partial charge in [0.1, 0.15) is 16.1 Å². The van der Waals surface area contributed by atoms with Gasteiger partial charge in [0.2, 0.25) is 5.55 Å². The topological polar surface area (TPSA) is 116 Å². The Balaban J connectivity index is 2.01. The average Bonchev–Trinajstić information content (AvgIpc) is 3.13. The first-order chi connectivity index (χ1) is 16.1. The monoisotopic (exact) mass is 484 g/mol. The van der Waals surface area contributed by atoms with Crippen LogP contribution in [-0.2, 0) is 4.74 Å². The molecule has 3 aromatic rings. The Kier molecular flexibility index (Phi) is 7.41. The zero-order valence-corrected chi connectivity index (χ0v) is 20.9. The number of fused-ring (bicyclic) bond motifs is 1. The summed E-state index contributed by atoms with van der Waals surface area (Å²) < 4.78 is 10.5. The van der Waals surface area contributed by atoms with Crippen molar-refractivity contribution in [2.45, 2.75) is 20.8 Å². The summed E-state index contributed by atoms with van der Waals surface area (Å²) in [5, 5.41) is 11.8. The number of carbonyl (C=O) groups excluding carboxylic acids is 3. The molecule has 0 fully saturated rings. The lowest BCUT2D eigenvalue weighted by atomic mass is 10.1. The molecule has 2 N–H and O–H groups in total. The standard InChI is InChI=1S/C24H28N4O5S/c1-7-28(8-2)15-10-9-14-11-16(20(25)33-17(14)12-15)21(29)26-22-18(24(31)32-6)13(3)19(34-22)23(30)27(4)5/h9-12,25H,7-8H2,1-6H3,(H,26,29). The molecule has 0 radical (unpaired) electrons. The zero-order chi connectivity index (χ0) is 25.2. The summed E-state index contributed by atoms with van der Waals surface area (Å²) in [7, 11) is 4.44. The lowest BCUT2D eigenvalue weighted by molar-refractivity contribution is 0.0601. The predicted molar refractivity (Wildman–Crippen MR) is 132 cm³/mol. The van der Waals surface area contributed by atoms with Crippen LogP contribution in [0.15, 0.2) is 28.7 Å². The van der Waals surface area contributed by atoms with Gasteiger partial charge in [-0.1, -0.05) is 0 Å². The molecule has 1 aromatic carbocycles. The second-order valence-electron chi connectivity index (χ2n) is 7.79.